The Morgan fingerprint density at radius 3 is 2.61 bits per heavy atom. The number of nitrogens with one attached hydrogen (secondary N) is 1. The minimum absolute atomic E-state index is 0.323. The summed E-state index contributed by atoms with van der Waals surface area (Å²) >= 11 is 0. The van der Waals surface area contributed by atoms with Gasteiger partial charge in [0.2, 0.25) is 0 Å². The van der Waals surface area contributed by atoms with Gasteiger partial charge in [-0.2, -0.15) is 0 Å². The molecule has 0 unspecified atom stereocenters. The van der Waals surface area contributed by atoms with E-state index in [0.29, 0.717) is 12.6 Å². The number of hydrogen-bond donors (Lipinski definition) is 1. The summed E-state index contributed by atoms with van der Waals surface area (Å²) in [5, 5.41) is 12.0. The highest BCUT2D eigenvalue weighted by Crippen LogP contribution is 2.14. The highest BCUT2D eigenvalue weighted by molar-refractivity contribution is 5.80. The molecule has 2 saturated heterocycles. The lowest BCUT2D eigenvalue weighted by Crippen LogP contribution is -2.49. The number of ether oxygens (including phenoxy) is 3. The first-order valence-electron chi connectivity index (χ1n) is 11.5. The number of aryl methyl sites for hydroxylation is 1. The van der Waals surface area contributed by atoms with Crippen molar-refractivity contribution in [3.05, 3.63) is 11.6 Å². The number of aromatic nitrogens is 3. The smallest absolute Gasteiger partial charge is 0.194 e. The molecule has 0 bridgehead atoms. The Bertz CT molecular complexity index is 668. The number of nitrogens with zero attached hydrogens (tertiary/aromatic N) is 6. The van der Waals surface area contributed by atoms with Gasteiger partial charge in [0.1, 0.15) is 12.4 Å². The number of likely N-dealkylation sites (tertiary alicyclic amines) is 1. The maximum Gasteiger partial charge on any atom is 0.194 e. The van der Waals surface area contributed by atoms with Gasteiger partial charge in [-0.15, -0.1) is 10.2 Å². The van der Waals surface area contributed by atoms with Gasteiger partial charge in [0.15, 0.2) is 11.8 Å². The molecule has 10 nitrogen and oxygen atoms in total. The first-order chi connectivity index (χ1) is 15.2. The van der Waals surface area contributed by atoms with E-state index in [1.807, 2.05) is 18.5 Å². The number of rotatable bonds is 10. The zero-order valence-corrected chi connectivity index (χ0v) is 19.4. The Hall–Kier alpha value is -1.75. The summed E-state index contributed by atoms with van der Waals surface area (Å²) < 4.78 is 18.6. The highest BCUT2D eigenvalue weighted by Gasteiger charge is 2.22. The maximum absolute atomic E-state index is 6.01. The van der Waals surface area contributed by atoms with Gasteiger partial charge in [0.05, 0.1) is 19.3 Å². The zero-order chi connectivity index (χ0) is 21.9. The molecule has 3 heterocycles. The molecule has 0 atom stereocenters. The second-order valence-corrected chi connectivity index (χ2v) is 8.15. The van der Waals surface area contributed by atoms with E-state index in [2.05, 4.69) is 25.3 Å². The number of morpholine rings is 1. The normalized spacial score (nSPS) is 19.2. The summed E-state index contributed by atoms with van der Waals surface area (Å²) in [6.07, 6.45) is 3.30. The molecule has 2 aliphatic heterocycles. The monoisotopic (exact) mass is 437 g/mol. The van der Waals surface area contributed by atoms with Crippen LogP contribution in [0.25, 0.3) is 0 Å². The van der Waals surface area contributed by atoms with Crippen LogP contribution in [-0.2, 0) is 27.8 Å². The summed E-state index contributed by atoms with van der Waals surface area (Å²) in [6.45, 7) is 11.4. The van der Waals surface area contributed by atoms with Crippen LogP contribution in [0.5, 0.6) is 0 Å². The van der Waals surface area contributed by atoms with Gasteiger partial charge in [-0.25, -0.2) is 4.99 Å². The lowest BCUT2D eigenvalue weighted by Gasteiger charge is -2.35. The van der Waals surface area contributed by atoms with Crippen molar-refractivity contribution in [1.82, 2.24) is 29.9 Å². The van der Waals surface area contributed by atoms with Crippen LogP contribution in [0, 0.1) is 6.92 Å². The zero-order valence-electron chi connectivity index (χ0n) is 19.4. The third-order valence-corrected chi connectivity index (χ3v) is 5.96. The van der Waals surface area contributed by atoms with Gasteiger partial charge >= 0.3 is 0 Å². The summed E-state index contributed by atoms with van der Waals surface area (Å²) in [4.78, 5) is 9.67. The molecule has 1 aromatic rings. The summed E-state index contributed by atoms with van der Waals surface area (Å²) in [5.41, 5.74) is 0. The average molecular weight is 438 g/mol. The van der Waals surface area contributed by atoms with Crippen LogP contribution < -0.4 is 5.32 Å². The van der Waals surface area contributed by atoms with Crippen LogP contribution in [0.2, 0.25) is 0 Å². The standard InChI is InChI=1S/C21H39N7O3/c1-18-24-25-20(26(18)2)17-23-21(22-7-10-27-11-15-30-16-12-27)28-8-5-19(6-9-28)31-14-4-13-29-3/h19H,4-17H2,1-3H3,(H,22,23). The molecule has 1 N–H and O–H groups in total. The third kappa shape index (κ3) is 7.71. The van der Waals surface area contributed by atoms with Gasteiger partial charge in [-0.3, -0.25) is 4.90 Å². The van der Waals surface area contributed by atoms with Gasteiger partial charge in [0, 0.05) is 66.6 Å². The molecule has 0 aliphatic carbocycles. The van der Waals surface area contributed by atoms with Gasteiger partial charge < -0.3 is 29.0 Å². The van der Waals surface area contributed by atoms with Gasteiger partial charge in [0.25, 0.3) is 0 Å². The molecule has 10 heteroatoms. The van der Waals surface area contributed by atoms with E-state index in [4.69, 9.17) is 19.2 Å². The molecule has 0 saturated carbocycles. The van der Waals surface area contributed by atoms with Crippen molar-refractivity contribution < 1.29 is 14.2 Å². The topological polar surface area (TPSA) is 89.3 Å². The maximum atomic E-state index is 6.01. The van der Waals surface area contributed by atoms with E-state index >= 15 is 0 Å². The first-order valence-corrected chi connectivity index (χ1v) is 11.5. The largest absolute Gasteiger partial charge is 0.385 e. The molecule has 3 rings (SSSR count). The molecule has 2 fully saturated rings. The Balaban J connectivity index is 1.52. The van der Waals surface area contributed by atoms with Crippen LogP contribution >= 0.6 is 0 Å². The predicted octanol–water partition coefficient (Wildman–Crippen LogP) is 0.419. The fourth-order valence-electron chi connectivity index (χ4n) is 3.84. The summed E-state index contributed by atoms with van der Waals surface area (Å²) in [5.74, 6) is 2.73. The molecule has 0 radical (unpaired) electrons. The summed E-state index contributed by atoms with van der Waals surface area (Å²) in [6, 6.07) is 0. The van der Waals surface area contributed by atoms with E-state index < -0.39 is 0 Å². The van der Waals surface area contributed by atoms with Crippen molar-refractivity contribution in [3.8, 4) is 0 Å². The Kier molecular flexibility index (Phi) is 9.98. The van der Waals surface area contributed by atoms with Crippen molar-refractivity contribution in [2.45, 2.75) is 38.8 Å². The molecular formula is C21H39N7O3. The fourth-order valence-corrected chi connectivity index (χ4v) is 3.84. The minimum Gasteiger partial charge on any atom is -0.385 e. The Morgan fingerprint density at radius 1 is 1.16 bits per heavy atom. The second kappa shape index (κ2) is 12.9. The fraction of sp³-hybridized carbons (Fsp3) is 0.857. The molecule has 0 spiro atoms. The molecule has 176 valence electrons. The van der Waals surface area contributed by atoms with Crippen molar-refractivity contribution >= 4 is 5.96 Å². The quantitative estimate of drug-likeness (QED) is 0.320. The number of piperidine rings is 1. The van der Waals surface area contributed by atoms with Crippen molar-refractivity contribution in [2.75, 3.05) is 72.8 Å². The lowest BCUT2D eigenvalue weighted by atomic mass is 10.1. The number of methoxy groups -OCH3 is 1. The lowest BCUT2D eigenvalue weighted by molar-refractivity contribution is 0.00981. The van der Waals surface area contributed by atoms with Crippen molar-refractivity contribution in [2.24, 2.45) is 12.0 Å². The summed E-state index contributed by atoms with van der Waals surface area (Å²) in [7, 11) is 3.71. The SMILES string of the molecule is COCCCOC1CCN(C(=NCc2nnc(C)n2C)NCCN2CCOCC2)CC1. The predicted molar refractivity (Wildman–Crippen MR) is 119 cm³/mol. The molecular weight excluding hydrogens is 398 g/mol. The van der Waals surface area contributed by atoms with Crippen LogP contribution in [0.1, 0.15) is 30.9 Å². The van der Waals surface area contributed by atoms with Crippen LogP contribution in [0.15, 0.2) is 4.99 Å². The Morgan fingerprint density at radius 2 is 1.94 bits per heavy atom. The molecule has 0 aromatic carbocycles. The van der Waals surface area contributed by atoms with Crippen molar-refractivity contribution in [1.29, 1.82) is 0 Å². The minimum atomic E-state index is 0.323. The molecule has 1 aromatic heterocycles. The van der Waals surface area contributed by atoms with E-state index in [-0.39, 0.29) is 0 Å². The number of aliphatic imine (C=N–C) groups is 1. The second-order valence-electron chi connectivity index (χ2n) is 8.15. The molecule has 31 heavy (non-hydrogen) atoms. The number of hydrogen-bond acceptors (Lipinski definition) is 7. The molecule has 0 amide bonds. The van der Waals surface area contributed by atoms with E-state index in [1.54, 1.807) is 7.11 Å². The number of guanidine groups is 1. The van der Waals surface area contributed by atoms with E-state index in [9.17, 15) is 0 Å². The van der Waals surface area contributed by atoms with Crippen LogP contribution in [0.3, 0.4) is 0 Å². The van der Waals surface area contributed by atoms with E-state index in [0.717, 1.165) is 103 Å². The van der Waals surface area contributed by atoms with Gasteiger partial charge in [-0.05, 0) is 26.2 Å². The third-order valence-electron chi connectivity index (χ3n) is 5.96. The van der Waals surface area contributed by atoms with E-state index in [1.165, 1.54) is 0 Å². The first kappa shape index (κ1) is 23.9. The highest BCUT2D eigenvalue weighted by atomic mass is 16.5. The average Bonchev–Trinajstić information content (AvgIpc) is 3.12. The van der Waals surface area contributed by atoms with Crippen LogP contribution in [0.4, 0.5) is 0 Å². The van der Waals surface area contributed by atoms with Gasteiger partial charge in [-0.1, -0.05) is 0 Å². The molecule has 2 aliphatic rings. The van der Waals surface area contributed by atoms with Crippen LogP contribution in [-0.4, -0.2) is 109 Å². The van der Waals surface area contributed by atoms with Crippen molar-refractivity contribution in [3.63, 3.8) is 0 Å². The Labute approximate surface area is 185 Å².